The smallest absolute Gasteiger partial charge is 0.324 e. The molecule has 3 heterocycles. The summed E-state index contributed by atoms with van der Waals surface area (Å²) in [5.41, 5.74) is 0. The summed E-state index contributed by atoms with van der Waals surface area (Å²) in [6.45, 7) is 0.723. The van der Waals surface area contributed by atoms with Crippen molar-refractivity contribution in [2.45, 2.75) is 63.5 Å². The van der Waals surface area contributed by atoms with Gasteiger partial charge >= 0.3 is 6.03 Å². The van der Waals surface area contributed by atoms with Crippen molar-refractivity contribution in [1.82, 2.24) is 29.6 Å². The Bertz CT molecular complexity index is 690. The van der Waals surface area contributed by atoms with Crippen LogP contribution in [0.15, 0.2) is 18.7 Å². The van der Waals surface area contributed by atoms with Gasteiger partial charge in [-0.15, -0.1) is 5.10 Å². The molecule has 0 spiro atoms. The average molecular weight is 343 g/mol. The van der Waals surface area contributed by atoms with Crippen LogP contribution in [-0.2, 0) is 0 Å². The van der Waals surface area contributed by atoms with Crippen LogP contribution in [0.5, 0.6) is 0 Å². The van der Waals surface area contributed by atoms with Crippen molar-refractivity contribution >= 4 is 12.0 Å². The summed E-state index contributed by atoms with van der Waals surface area (Å²) in [5, 5.41) is 7.35. The Morgan fingerprint density at radius 3 is 2.76 bits per heavy atom. The van der Waals surface area contributed by atoms with E-state index >= 15 is 0 Å². The molecule has 8 nitrogen and oxygen atoms in total. The number of hydrogen-bond donors (Lipinski definition) is 2. The zero-order chi connectivity index (χ0) is 17.1. The van der Waals surface area contributed by atoms with Gasteiger partial charge < -0.3 is 9.88 Å². The van der Waals surface area contributed by atoms with Gasteiger partial charge in [0.1, 0.15) is 12.2 Å². The van der Waals surface area contributed by atoms with Crippen molar-refractivity contribution in [2.75, 3.05) is 11.9 Å². The van der Waals surface area contributed by atoms with Crippen LogP contribution < -0.4 is 5.32 Å². The van der Waals surface area contributed by atoms with Crippen LogP contribution in [0.2, 0.25) is 0 Å². The van der Waals surface area contributed by atoms with Crippen LogP contribution in [0.3, 0.4) is 0 Å². The van der Waals surface area contributed by atoms with Crippen molar-refractivity contribution in [3.05, 3.63) is 24.5 Å². The fourth-order valence-corrected chi connectivity index (χ4v) is 3.94. The molecule has 1 saturated heterocycles. The maximum atomic E-state index is 12.7. The number of amides is 2. The normalized spacial score (nSPS) is 22.1. The van der Waals surface area contributed by atoms with Gasteiger partial charge in [0, 0.05) is 18.9 Å². The lowest BCUT2D eigenvalue weighted by Gasteiger charge is -2.34. The number of nitrogens with one attached hydrogen (secondary N) is 2. The second-order valence-electron chi connectivity index (χ2n) is 6.95. The molecular formula is C17H25N7O. The SMILES string of the molecule is O=C(Nc1ncn(C2CCCCC2)n1)N1CCCCC1c1ncc[nH]1. The lowest BCUT2D eigenvalue weighted by molar-refractivity contribution is 0.159. The van der Waals surface area contributed by atoms with Gasteiger partial charge in [0.15, 0.2) is 0 Å². The first kappa shape index (κ1) is 16.1. The third-order valence-electron chi connectivity index (χ3n) is 5.27. The maximum absolute atomic E-state index is 12.7. The number of carbonyl (C=O) groups excluding carboxylic acids is 1. The highest BCUT2D eigenvalue weighted by Crippen LogP contribution is 2.30. The molecule has 8 heteroatoms. The molecular weight excluding hydrogens is 318 g/mol. The highest BCUT2D eigenvalue weighted by molar-refractivity contribution is 5.87. The van der Waals surface area contributed by atoms with Crippen LogP contribution in [0, 0.1) is 0 Å². The Hall–Kier alpha value is -2.38. The van der Waals surface area contributed by atoms with Gasteiger partial charge in [-0.25, -0.2) is 19.4 Å². The van der Waals surface area contributed by atoms with E-state index in [2.05, 4.69) is 25.4 Å². The van der Waals surface area contributed by atoms with Crippen molar-refractivity contribution in [2.24, 2.45) is 0 Å². The highest BCUT2D eigenvalue weighted by atomic mass is 16.2. The molecule has 2 N–H and O–H groups in total. The third-order valence-corrected chi connectivity index (χ3v) is 5.27. The Kier molecular flexibility index (Phi) is 4.67. The minimum absolute atomic E-state index is 0.0100. The van der Waals surface area contributed by atoms with Crippen LogP contribution in [0.1, 0.15) is 69.3 Å². The number of aromatic amines is 1. The minimum atomic E-state index is -0.150. The number of carbonyl (C=O) groups is 1. The van der Waals surface area contributed by atoms with Crippen molar-refractivity contribution in [3.63, 3.8) is 0 Å². The van der Waals surface area contributed by atoms with E-state index in [9.17, 15) is 4.79 Å². The number of likely N-dealkylation sites (tertiary alicyclic amines) is 1. The second-order valence-corrected chi connectivity index (χ2v) is 6.95. The third kappa shape index (κ3) is 3.52. The molecule has 2 amide bonds. The molecule has 25 heavy (non-hydrogen) atoms. The number of rotatable bonds is 3. The van der Waals surface area contributed by atoms with Gasteiger partial charge in [-0.2, -0.15) is 0 Å². The van der Waals surface area contributed by atoms with Crippen molar-refractivity contribution in [1.29, 1.82) is 0 Å². The standard InChI is InChI=1S/C17H25N7O/c25-17(23-11-5-4-8-14(23)15-18-9-10-19-15)21-16-20-12-24(22-16)13-6-2-1-3-7-13/h9-10,12-14H,1-8,11H2,(H,18,19)(H,21,22,25). The van der Waals surface area contributed by atoms with Crippen LogP contribution in [0.4, 0.5) is 10.7 Å². The highest BCUT2D eigenvalue weighted by Gasteiger charge is 2.30. The van der Waals surface area contributed by atoms with E-state index in [-0.39, 0.29) is 12.1 Å². The fourth-order valence-electron chi connectivity index (χ4n) is 3.94. The number of urea groups is 1. The number of nitrogens with zero attached hydrogens (tertiary/aromatic N) is 5. The lowest BCUT2D eigenvalue weighted by Crippen LogP contribution is -2.41. The van der Waals surface area contributed by atoms with E-state index in [0.29, 0.717) is 12.0 Å². The minimum Gasteiger partial charge on any atom is -0.347 e. The Labute approximate surface area is 147 Å². The molecule has 2 fully saturated rings. The van der Waals surface area contributed by atoms with E-state index in [1.165, 1.54) is 19.3 Å². The predicted octanol–water partition coefficient (Wildman–Crippen LogP) is 3.27. The van der Waals surface area contributed by atoms with E-state index in [0.717, 1.165) is 44.5 Å². The van der Waals surface area contributed by atoms with Crippen molar-refractivity contribution < 1.29 is 4.79 Å². The number of hydrogen-bond acceptors (Lipinski definition) is 4. The Balaban J connectivity index is 1.43. The van der Waals surface area contributed by atoms with E-state index in [1.807, 2.05) is 9.58 Å². The van der Waals surface area contributed by atoms with E-state index in [4.69, 9.17) is 0 Å². The second kappa shape index (κ2) is 7.25. The predicted molar refractivity (Wildman–Crippen MR) is 93.0 cm³/mol. The quantitative estimate of drug-likeness (QED) is 0.895. The van der Waals surface area contributed by atoms with Gasteiger partial charge in [0.25, 0.3) is 0 Å². The van der Waals surface area contributed by atoms with E-state index in [1.54, 1.807) is 18.7 Å². The number of imidazole rings is 1. The maximum Gasteiger partial charge on any atom is 0.324 e. The summed E-state index contributed by atoms with van der Waals surface area (Å²) < 4.78 is 1.91. The molecule has 2 aliphatic rings. The summed E-state index contributed by atoms with van der Waals surface area (Å²) in [5.74, 6) is 1.23. The van der Waals surface area contributed by atoms with Crippen LogP contribution in [-0.4, -0.2) is 42.2 Å². The molecule has 4 rings (SSSR count). The number of piperidine rings is 1. The van der Waals surface area contributed by atoms with Gasteiger partial charge in [0.2, 0.25) is 5.95 Å². The van der Waals surface area contributed by atoms with Gasteiger partial charge in [-0.05, 0) is 32.1 Å². The van der Waals surface area contributed by atoms with Crippen LogP contribution >= 0.6 is 0 Å². The molecule has 1 unspecified atom stereocenters. The molecule has 1 aliphatic carbocycles. The Morgan fingerprint density at radius 2 is 1.96 bits per heavy atom. The lowest BCUT2D eigenvalue weighted by atomic mass is 9.96. The summed E-state index contributed by atoms with van der Waals surface area (Å²) in [4.78, 5) is 26.3. The summed E-state index contributed by atoms with van der Waals surface area (Å²) >= 11 is 0. The van der Waals surface area contributed by atoms with Crippen molar-refractivity contribution in [3.8, 4) is 0 Å². The first-order valence-corrected chi connectivity index (χ1v) is 9.29. The molecule has 0 bridgehead atoms. The first-order valence-electron chi connectivity index (χ1n) is 9.29. The zero-order valence-corrected chi connectivity index (χ0v) is 14.4. The van der Waals surface area contributed by atoms with Gasteiger partial charge in [0.05, 0.1) is 12.1 Å². The first-order chi connectivity index (χ1) is 12.3. The number of anilines is 1. The van der Waals surface area contributed by atoms with Crippen LogP contribution in [0.25, 0.3) is 0 Å². The van der Waals surface area contributed by atoms with Gasteiger partial charge in [-0.1, -0.05) is 19.3 Å². The molecule has 1 aliphatic heterocycles. The van der Waals surface area contributed by atoms with E-state index < -0.39 is 0 Å². The molecule has 0 aromatic carbocycles. The molecule has 1 atom stereocenters. The van der Waals surface area contributed by atoms with Gasteiger partial charge in [-0.3, -0.25) is 5.32 Å². The number of aromatic nitrogens is 5. The molecule has 2 aromatic heterocycles. The largest absolute Gasteiger partial charge is 0.347 e. The average Bonchev–Trinajstić information content (AvgIpc) is 3.34. The zero-order valence-electron chi connectivity index (χ0n) is 14.4. The molecule has 0 radical (unpaired) electrons. The fraction of sp³-hybridized carbons (Fsp3) is 0.647. The Morgan fingerprint density at radius 1 is 1.12 bits per heavy atom. The molecule has 2 aromatic rings. The summed E-state index contributed by atoms with van der Waals surface area (Å²) in [6, 6.07) is 0.254. The topological polar surface area (TPSA) is 91.7 Å². The number of H-pyrrole nitrogens is 1. The molecule has 134 valence electrons. The monoisotopic (exact) mass is 343 g/mol. The molecule has 1 saturated carbocycles. The summed E-state index contributed by atoms with van der Waals surface area (Å²) in [6.07, 6.45) is 14.4. The summed E-state index contributed by atoms with van der Waals surface area (Å²) in [7, 11) is 0.